The standard InChI is InChI=1S/C14H12ClF2NO/c1-18-8-9-4-10(16)6-12(5-9)19-11-2-3-14(17)13(15)7-11/h2-7,18H,8H2,1H3. The van der Waals surface area contributed by atoms with E-state index in [4.69, 9.17) is 16.3 Å². The minimum atomic E-state index is -0.524. The van der Waals surface area contributed by atoms with Crippen LogP contribution in [0.3, 0.4) is 0 Å². The van der Waals surface area contributed by atoms with Crippen LogP contribution in [0.15, 0.2) is 36.4 Å². The molecular formula is C14H12ClF2NO. The summed E-state index contributed by atoms with van der Waals surface area (Å²) in [5.41, 5.74) is 0.755. The van der Waals surface area contributed by atoms with Crippen molar-refractivity contribution in [1.29, 1.82) is 0 Å². The highest BCUT2D eigenvalue weighted by molar-refractivity contribution is 6.30. The SMILES string of the molecule is CNCc1cc(F)cc(Oc2ccc(F)c(Cl)c2)c1. The Morgan fingerprint density at radius 3 is 2.58 bits per heavy atom. The Balaban J connectivity index is 2.24. The summed E-state index contributed by atoms with van der Waals surface area (Å²) in [7, 11) is 1.77. The summed E-state index contributed by atoms with van der Waals surface area (Å²) >= 11 is 5.65. The van der Waals surface area contributed by atoms with E-state index in [1.165, 1.54) is 30.3 Å². The maximum atomic E-state index is 13.4. The zero-order chi connectivity index (χ0) is 13.8. The van der Waals surface area contributed by atoms with Gasteiger partial charge >= 0.3 is 0 Å². The third-order valence-electron chi connectivity index (χ3n) is 2.44. The van der Waals surface area contributed by atoms with E-state index in [1.807, 2.05) is 0 Å². The molecule has 2 aromatic carbocycles. The average molecular weight is 284 g/mol. The van der Waals surface area contributed by atoms with Gasteiger partial charge in [0.25, 0.3) is 0 Å². The highest BCUT2D eigenvalue weighted by Gasteiger charge is 2.05. The van der Waals surface area contributed by atoms with Gasteiger partial charge in [-0.15, -0.1) is 0 Å². The van der Waals surface area contributed by atoms with E-state index in [0.29, 0.717) is 18.0 Å². The first-order chi connectivity index (χ1) is 9.08. The molecule has 0 bridgehead atoms. The van der Waals surface area contributed by atoms with Gasteiger partial charge in [-0.3, -0.25) is 0 Å². The first-order valence-electron chi connectivity index (χ1n) is 5.65. The summed E-state index contributed by atoms with van der Waals surface area (Å²) in [6.07, 6.45) is 0. The predicted octanol–water partition coefficient (Wildman–Crippen LogP) is 4.13. The molecule has 0 fully saturated rings. The predicted molar refractivity (Wildman–Crippen MR) is 70.6 cm³/mol. The number of hydrogen-bond donors (Lipinski definition) is 1. The normalized spacial score (nSPS) is 10.5. The van der Waals surface area contributed by atoms with Crippen LogP contribution in [0.5, 0.6) is 11.5 Å². The molecule has 1 N–H and O–H groups in total. The third kappa shape index (κ3) is 3.66. The van der Waals surface area contributed by atoms with Crippen molar-refractivity contribution < 1.29 is 13.5 Å². The lowest BCUT2D eigenvalue weighted by Gasteiger charge is -2.08. The van der Waals surface area contributed by atoms with Gasteiger partial charge in [-0.1, -0.05) is 11.6 Å². The molecule has 2 rings (SSSR count). The molecule has 0 unspecified atom stereocenters. The molecule has 0 aliphatic heterocycles. The van der Waals surface area contributed by atoms with Crippen molar-refractivity contribution in [3.63, 3.8) is 0 Å². The highest BCUT2D eigenvalue weighted by Crippen LogP contribution is 2.27. The Morgan fingerprint density at radius 2 is 1.89 bits per heavy atom. The Hall–Kier alpha value is -1.65. The topological polar surface area (TPSA) is 21.3 Å². The number of halogens is 3. The van der Waals surface area contributed by atoms with Crippen LogP contribution in [0.1, 0.15) is 5.56 Å². The van der Waals surface area contributed by atoms with Crippen LogP contribution < -0.4 is 10.1 Å². The molecule has 2 nitrogen and oxygen atoms in total. The van der Waals surface area contributed by atoms with Crippen molar-refractivity contribution in [1.82, 2.24) is 5.32 Å². The maximum Gasteiger partial charge on any atom is 0.142 e. The largest absolute Gasteiger partial charge is 0.457 e. The molecular weight excluding hydrogens is 272 g/mol. The van der Waals surface area contributed by atoms with Gasteiger partial charge in [0.05, 0.1) is 5.02 Å². The number of nitrogens with one attached hydrogen (secondary N) is 1. The van der Waals surface area contributed by atoms with E-state index in [0.717, 1.165) is 5.56 Å². The molecule has 19 heavy (non-hydrogen) atoms. The molecule has 0 spiro atoms. The molecule has 0 amide bonds. The van der Waals surface area contributed by atoms with E-state index < -0.39 is 11.6 Å². The number of benzene rings is 2. The molecule has 0 saturated carbocycles. The van der Waals surface area contributed by atoms with E-state index in [-0.39, 0.29) is 5.02 Å². The average Bonchev–Trinajstić information content (AvgIpc) is 2.33. The molecule has 2 aromatic rings. The smallest absolute Gasteiger partial charge is 0.142 e. The van der Waals surface area contributed by atoms with Crippen LogP contribution in [0, 0.1) is 11.6 Å². The Labute approximate surface area is 115 Å². The molecule has 0 heterocycles. The summed E-state index contributed by atoms with van der Waals surface area (Å²) in [6.45, 7) is 0.526. The second kappa shape index (κ2) is 5.99. The van der Waals surface area contributed by atoms with Gasteiger partial charge in [0, 0.05) is 18.7 Å². The third-order valence-corrected chi connectivity index (χ3v) is 2.73. The Bertz CT molecular complexity index is 590. The van der Waals surface area contributed by atoms with Crippen LogP contribution in [-0.2, 0) is 6.54 Å². The lowest BCUT2D eigenvalue weighted by atomic mass is 10.2. The van der Waals surface area contributed by atoms with E-state index >= 15 is 0 Å². The monoisotopic (exact) mass is 283 g/mol. The fourth-order valence-electron chi connectivity index (χ4n) is 1.66. The van der Waals surface area contributed by atoms with E-state index in [9.17, 15) is 8.78 Å². The van der Waals surface area contributed by atoms with Gasteiger partial charge in [0.1, 0.15) is 23.1 Å². The number of hydrogen-bond acceptors (Lipinski definition) is 2. The number of ether oxygens (including phenoxy) is 1. The molecule has 0 saturated heterocycles. The van der Waals surface area contributed by atoms with E-state index in [2.05, 4.69) is 5.32 Å². The van der Waals surface area contributed by atoms with Crippen molar-refractivity contribution >= 4 is 11.6 Å². The minimum Gasteiger partial charge on any atom is -0.457 e. The highest BCUT2D eigenvalue weighted by atomic mass is 35.5. The number of rotatable bonds is 4. The summed E-state index contributed by atoms with van der Waals surface area (Å²) in [6, 6.07) is 8.36. The molecule has 0 aliphatic rings. The molecule has 0 atom stereocenters. The van der Waals surface area contributed by atoms with Gasteiger partial charge in [-0.25, -0.2) is 8.78 Å². The van der Waals surface area contributed by atoms with Crippen LogP contribution in [0.4, 0.5) is 8.78 Å². The van der Waals surface area contributed by atoms with Crippen LogP contribution in [0.2, 0.25) is 5.02 Å². The maximum absolute atomic E-state index is 13.4. The van der Waals surface area contributed by atoms with Crippen molar-refractivity contribution in [2.24, 2.45) is 0 Å². The van der Waals surface area contributed by atoms with E-state index in [1.54, 1.807) is 13.1 Å². The van der Waals surface area contributed by atoms with Gasteiger partial charge < -0.3 is 10.1 Å². The van der Waals surface area contributed by atoms with Crippen LogP contribution in [-0.4, -0.2) is 7.05 Å². The van der Waals surface area contributed by atoms with Gasteiger partial charge in [-0.2, -0.15) is 0 Å². The molecule has 5 heteroatoms. The molecule has 100 valence electrons. The van der Waals surface area contributed by atoms with Gasteiger partial charge in [0.2, 0.25) is 0 Å². The van der Waals surface area contributed by atoms with Gasteiger partial charge in [-0.05, 0) is 36.9 Å². The zero-order valence-electron chi connectivity index (χ0n) is 10.2. The van der Waals surface area contributed by atoms with Crippen molar-refractivity contribution in [3.05, 3.63) is 58.6 Å². The molecule has 0 radical (unpaired) electrons. The van der Waals surface area contributed by atoms with Crippen molar-refractivity contribution in [3.8, 4) is 11.5 Å². The second-order valence-corrected chi connectivity index (χ2v) is 4.41. The summed E-state index contributed by atoms with van der Waals surface area (Å²) in [5, 5.41) is 2.89. The second-order valence-electron chi connectivity index (χ2n) is 4.00. The van der Waals surface area contributed by atoms with Crippen LogP contribution >= 0.6 is 11.6 Å². The first-order valence-corrected chi connectivity index (χ1v) is 6.03. The van der Waals surface area contributed by atoms with Crippen LogP contribution in [0.25, 0.3) is 0 Å². The Kier molecular flexibility index (Phi) is 4.35. The fraction of sp³-hybridized carbons (Fsp3) is 0.143. The van der Waals surface area contributed by atoms with Crippen molar-refractivity contribution in [2.75, 3.05) is 7.05 Å². The zero-order valence-corrected chi connectivity index (χ0v) is 11.0. The minimum absolute atomic E-state index is 0.0376. The summed E-state index contributed by atoms with van der Waals surface area (Å²) < 4.78 is 31.9. The first kappa shape index (κ1) is 13.8. The summed E-state index contributed by atoms with van der Waals surface area (Å²) in [4.78, 5) is 0. The lowest BCUT2D eigenvalue weighted by Crippen LogP contribution is -2.05. The van der Waals surface area contributed by atoms with Gasteiger partial charge in [0.15, 0.2) is 0 Å². The molecule has 0 aliphatic carbocycles. The molecule has 0 aromatic heterocycles. The fourth-order valence-corrected chi connectivity index (χ4v) is 1.83. The van der Waals surface area contributed by atoms with Crippen molar-refractivity contribution in [2.45, 2.75) is 6.54 Å². The summed E-state index contributed by atoms with van der Waals surface area (Å²) in [5.74, 6) is -0.222. The Morgan fingerprint density at radius 1 is 1.11 bits per heavy atom. The quantitative estimate of drug-likeness (QED) is 0.911. The lowest BCUT2D eigenvalue weighted by molar-refractivity contribution is 0.473.